The van der Waals surface area contributed by atoms with E-state index in [0.29, 0.717) is 34.7 Å². The van der Waals surface area contributed by atoms with Crippen LogP contribution in [-0.2, 0) is 12.8 Å². The van der Waals surface area contributed by atoms with Gasteiger partial charge in [0.05, 0.1) is 17.1 Å². The Bertz CT molecular complexity index is 1840. The first-order valence-electron chi connectivity index (χ1n) is 13.6. The van der Waals surface area contributed by atoms with Crippen LogP contribution in [0.5, 0.6) is 5.75 Å². The molecule has 5 aromatic rings. The second-order valence-electron chi connectivity index (χ2n) is 10.3. The van der Waals surface area contributed by atoms with Crippen molar-refractivity contribution in [2.45, 2.75) is 45.9 Å². The van der Waals surface area contributed by atoms with Crippen molar-refractivity contribution in [2.75, 3.05) is 5.32 Å². The topological polar surface area (TPSA) is 86.3 Å². The lowest BCUT2D eigenvalue weighted by Gasteiger charge is -2.14. The fraction of sp³-hybridized carbons (Fsp3) is 0.226. The average Bonchev–Trinajstić information content (AvgIpc) is 3.62. The van der Waals surface area contributed by atoms with Gasteiger partial charge in [-0.3, -0.25) is 4.57 Å². The van der Waals surface area contributed by atoms with Gasteiger partial charge in [0.15, 0.2) is 10.6 Å². The predicted octanol–water partition coefficient (Wildman–Crippen LogP) is 7.51. The summed E-state index contributed by atoms with van der Waals surface area (Å²) in [5.74, 6) is -0.211. The number of amides is 2. The van der Waals surface area contributed by atoms with E-state index in [0.717, 1.165) is 16.8 Å². The first-order valence-corrected chi connectivity index (χ1v) is 14.5. The van der Waals surface area contributed by atoms with Gasteiger partial charge in [-0.2, -0.15) is 10.1 Å². The fourth-order valence-corrected chi connectivity index (χ4v) is 5.24. The number of ether oxygens (including phenoxy) is 1. The van der Waals surface area contributed by atoms with Crippen molar-refractivity contribution in [3.63, 3.8) is 0 Å². The van der Waals surface area contributed by atoms with Crippen molar-refractivity contribution < 1.29 is 27.1 Å². The summed E-state index contributed by atoms with van der Waals surface area (Å²) < 4.78 is 59.2. The zero-order chi connectivity index (χ0) is 31.4. The number of halogens is 4. The van der Waals surface area contributed by atoms with Crippen molar-refractivity contribution >= 4 is 23.1 Å². The minimum absolute atomic E-state index is 0.00406. The molecule has 3 aromatic carbocycles. The van der Waals surface area contributed by atoms with E-state index in [2.05, 4.69) is 45.0 Å². The molecular weight excluding hydrogens is 596 g/mol. The van der Waals surface area contributed by atoms with E-state index >= 15 is 0 Å². The summed E-state index contributed by atoms with van der Waals surface area (Å²) in [6, 6.07) is 15.2. The van der Waals surface area contributed by atoms with Crippen LogP contribution in [0, 0.1) is 12.7 Å². The van der Waals surface area contributed by atoms with Crippen LogP contribution in [0.1, 0.15) is 42.3 Å². The normalized spacial score (nSPS) is 12.1. The largest absolute Gasteiger partial charge is 0.573 e. The second kappa shape index (κ2) is 12.8. The first-order chi connectivity index (χ1) is 20.9. The molecule has 0 aliphatic carbocycles. The summed E-state index contributed by atoms with van der Waals surface area (Å²) >= 11 is 1.31. The van der Waals surface area contributed by atoms with Gasteiger partial charge in [-0.1, -0.05) is 32.0 Å². The van der Waals surface area contributed by atoms with Crippen molar-refractivity contribution in [3.8, 4) is 17.1 Å². The molecule has 0 spiro atoms. The highest BCUT2D eigenvalue weighted by Crippen LogP contribution is 2.25. The maximum absolute atomic E-state index is 14.9. The Morgan fingerprint density at radius 2 is 1.84 bits per heavy atom. The van der Waals surface area contributed by atoms with Gasteiger partial charge in [-0.25, -0.2) is 18.9 Å². The number of nitrogens with one attached hydrogen (secondary N) is 1. The van der Waals surface area contributed by atoms with E-state index < -0.39 is 18.2 Å². The lowest BCUT2D eigenvalue weighted by Crippen LogP contribution is -2.19. The zero-order valence-corrected chi connectivity index (χ0v) is 24.8. The van der Waals surface area contributed by atoms with Crippen LogP contribution in [0.2, 0.25) is 0 Å². The van der Waals surface area contributed by atoms with Crippen LogP contribution in [0.4, 0.5) is 28.0 Å². The summed E-state index contributed by atoms with van der Waals surface area (Å²) in [4.78, 5) is 21.7. The number of anilines is 1. The molecule has 0 saturated carbocycles. The molecule has 0 aliphatic heterocycles. The number of hydrogen-bond donors (Lipinski definition) is 1. The lowest BCUT2D eigenvalue weighted by atomic mass is 9.99. The molecule has 228 valence electrons. The minimum atomic E-state index is -4.77. The molecule has 0 saturated heterocycles. The van der Waals surface area contributed by atoms with Gasteiger partial charge in [-0.05, 0) is 78.4 Å². The Kier molecular flexibility index (Phi) is 8.95. The van der Waals surface area contributed by atoms with Crippen molar-refractivity contribution in [2.24, 2.45) is 4.99 Å². The Morgan fingerprint density at radius 3 is 2.55 bits per heavy atom. The van der Waals surface area contributed by atoms with Crippen LogP contribution in [0.25, 0.3) is 11.4 Å². The van der Waals surface area contributed by atoms with Gasteiger partial charge in [0.25, 0.3) is 0 Å². The highest BCUT2D eigenvalue weighted by molar-refractivity contribution is 7.07. The van der Waals surface area contributed by atoms with Gasteiger partial charge in [-0.15, -0.1) is 24.5 Å². The predicted molar refractivity (Wildman–Crippen MR) is 159 cm³/mol. The summed E-state index contributed by atoms with van der Waals surface area (Å²) in [6.45, 7) is 6.20. The number of aromatic nitrogens is 4. The molecule has 0 fully saturated rings. The molecular formula is C31H28F4N6O2S. The summed E-state index contributed by atoms with van der Waals surface area (Å²) in [6.07, 6.45) is -0.667. The smallest absolute Gasteiger partial charge is 0.406 e. The van der Waals surface area contributed by atoms with Gasteiger partial charge < -0.3 is 10.1 Å². The third-order valence-corrected chi connectivity index (χ3v) is 7.40. The van der Waals surface area contributed by atoms with E-state index in [4.69, 9.17) is 0 Å². The third-order valence-electron chi connectivity index (χ3n) is 6.64. The molecule has 5 rings (SSSR count). The van der Waals surface area contributed by atoms with Crippen molar-refractivity contribution in [1.29, 1.82) is 0 Å². The van der Waals surface area contributed by atoms with Gasteiger partial charge in [0, 0.05) is 18.0 Å². The van der Waals surface area contributed by atoms with Crippen LogP contribution in [-0.4, -0.2) is 31.7 Å². The van der Waals surface area contributed by atoms with Crippen LogP contribution < -0.4 is 14.9 Å². The van der Waals surface area contributed by atoms with E-state index in [9.17, 15) is 22.4 Å². The first kappa shape index (κ1) is 30.7. The Morgan fingerprint density at radius 1 is 1.07 bits per heavy atom. The standard InChI is InChI=1S/C31H28F4N6O2S/c1-19(2)24-11-4-20(3)16-27(24)40-14-15-44-30(40)38-29(42)37-26-12-5-21(17-25(26)32)6-13-28-36-18-41(39-28)22-7-9-23(10-8-22)43-31(33,34)35/h4-5,7-12,14-19H,6,13H2,1-3H3,(H,37,42)/b38-30-. The SMILES string of the molecule is Cc1ccc(C(C)C)c(-n2ccs/c2=N\C(=O)Nc2ccc(CCc3ncn(-c4ccc(OC(F)(F)F)cc4)n3)cc2F)c1. The fourth-order valence-electron chi connectivity index (χ4n) is 4.53. The maximum Gasteiger partial charge on any atom is 0.573 e. The van der Waals surface area contributed by atoms with Crippen LogP contribution in [0.15, 0.2) is 83.6 Å². The number of nitrogens with zero attached hydrogens (tertiary/aromatic N) is 5. The molecule has 13 heteroatoms. The summed E-state index contributed by atoms with van der Waals surface area (Å²) in [5.41, 5.74) is 4.31. The molecule has 8 nitrogen and oxygen atoms in total. The Balaban J connectivity index is 1.22. The Hall–Kier alpha value is -4.78. The molecule has 0 radical (unpaired) electrons. The Labute approximate surface area is 254 Å². The van der Waals surface area contributed by atoms with Crippen LogP contribution >= 0.6 is 11.3 Å². The van der Waals surface area contributed by atoms with E-state index in [1.165, 1.54) is 58.7 Å². The number of carbonyl (C=O) groups is 1. The minimum Gasteiger partial charge on any atom is -0.406 e. The molecule has 2 aromatic heterocycles. The van der Waals surface area contributed by atoms with E-state index in [-0.39, 0.29) is 17.4 Å². The van der Waals surface area contributed by atoms with Crippen LogP contribution in [0.3, 0.4) is 0 Å². The van der Waals surface area contributed by atoms with Crippen molar-refractivity contribution in [1.82, 2.24) is 19.3 Å². The average molecular weight is 625 g/mol. The lowest BCUT2D eigenvalue weighted by molar-refractivity contribution is -0.274. The molecule has 1 N–H and O–H groups in total. The number of urea groups is 1. The van der Waals surface area contributed by atoms with E-state index in [1.54, 1.807) is 6.07 Å². The number of hydrogen-bond acceptors (Lipinski definition) is 5. The molecule has 2 amide bonds. The molecule has 0 bridgehead atoms. The van der Waals surface area contributed by atoms with E-state index in [1.807, 2.05) is 35.2 Å². The quantitative estimate of drug-likeness (QED) is 0.181. The summed E-state index contributed by atoms with van der Waals surface area (Å²) in [7, 11) is 0. The maximum atomic E-state index is 14.9. The second-order valence-corrected chi connectivity index (χ2v) is 11.1. The zero-order valence-electron chi connectivity index (χ0n) is 24.0. The monoisotopic (exact) mass is 624 g/mol. The van der Waals surface area contributed by atoms with Crippen molar-refractivity contribution in [3.05, 3.63) is 112 Å². The third kappa shape index (κ3) is 7.59. The molecule has 0 atom stereocenters. The number of carbonyl (C=O) groups excluding carboxylic acids is 1. The molecule has 2 heterocycles. The van der Waals surface area contributed by atoms with Gasteiger partial charge in [0.1, 0.15) is 17.9 Å². The molecule has 0 aliphatic rings. The number of rotatable bonds is 8. The highest BCUT2D eigenvalue weighted by Gasteiger charge is 2.31. The number of thiazole rings is 1. The number of aryl methyl sites for hydroxylation is 3. The molecule has 44 heavy (non-hydrogen) atoms. The van der Waals surface area contributed by atoms with Gasteiger partial charge >= 0.3 is 12.4 Å². The molecule has 0 unspecified atom stereocenters. The van der Waals surface area contributed by atoms with Gasteiger partial charge in [0.2, 0.25) is 0 Å². The summed E-state index contributed by atoms with van der Waals surface area (Å²) in [5, 5.41) is 8.71. The number of alkyl halides is 3. The highest BCUT2D eigenvalue weighted by atomic mass is 32.1. The number of benzene rings is 3.